The van der Waals surface area contributed by atoms with Crippen molar-refractivity contribution in [3.05, 3.63) is 109 Å². The van der Waals surface area contributed by atoms with Crippen molar-refractivity contribution in [2.24, 2.45) is 0 Å². The van der Waals surface area contributed by atoms with Gasteiger partial charge in [0.25, 0.3) is 5.91 Å². The van der Waals surface area contributed by atoms with Crippen molar-refractivity contribution in [3.8, 4) is 11.1 Å². The normalized spacial score (nSPS) is 17.4. The molecule has 4 heterocycles. The van der Waals surface area contributed by atoms with Crippen molar-refractivity contribution in [3.63, 3.8) is 0 Å². The summed E-state index contributed by atoms with van der Waals surface area (Å²) >= 11 is 0. The molecule has 2 aliphatic rings. The van der Waals surface area contributed by atoms with Gasteiger partial charge in [0.1, 0.15) is 11.4 Å². The first-order valence-electron chi connectivity index (χ1n) is 12.9. The van der Waals surface area contributed by atoms with Gasteiger partial charge in [-0.15, -0.1) is 0 Å². The van der Waals surface area contributed by atoms with E-state index in [9.17, 15) is 9.59 Å². The molecule has 0 N–H and O–H groups in total. The first-order valence-corrected chi connectivity index (χ1v) is 12.9. The quantitative estimate of drug-likeness (QED) is 0.338. The van der Waals surface area contributed by atoms with E-state index in [2.05, 4.69) is 27.9 Å². The van der Waals surface area contributed by atoms with Gasteiger partial charge < -0.3 is 0 Å². The second kappa shape index (κ2) is 9.84. The zero-order chi connectivity index (χ0) is 26.1. The van der Waals surface area contributed by atoms with Crippen molar-refractivity contribution in [1.29, 1.82) is 0 Å². The maximum atomic E-state index is 14.2. The Morgan fingerprint density at radius 2 is 1.45 bits per heavy atom. The summed E-state index contributed by atoms with van der Waals surface area (Å²) in [5.74, 6) is 0.317. The number of amides is 3. The third kappa shape index (κ3) is 4.15. The van der Waals surface area contributed by atoms with E-state index in [-0.39, 0.29) is 11.9 Å². The van der Waals surface area contributed by atoms with Crippen LogP contribution in [0.3, 0.4) is 0 Å². The SMILES string of the molecule is Cc1cccnc1CN1CCC2(CC1)C(=O)N(c1ccc(-c3ccccc3)cc1)C(=O)N2c1ccccn1. The zero-order valence-corrected chi connectivity index (χ0v) is 21.3. The highest BCUT2D eigenvalue weighted by Crippen LogP contribution is 2.42. The Balaban J connectivity index is 1.30. The number of aryl methyl sites for hydroxylation is 1. The van der Waals surface area contributed by atoms with Crippen molar-refractivity contribution in [2.75, 3.05) is 22.9 Å². The molecule has 2 saturated heterocycles. The van der Waals surface area contributed by atoms with Gasteiger partial charge in [0.05, 0.1) is 11.4 Å². The van der Waals surface area contributed by atoms with E-state index in [1.54, 1.807) is 17.2 Å². The van der Waals surface area contributed by atoms with E-state index in [0.717, 1.165) is 28.9 Å². The molecule has 1 spiro atoms. The molecule has 2 fully saturated rings. The lowest BCUT2D eigenvalue weighted by Gasteiger charge is -2.41. The van der Waals surface area contributed by atoms with Crippen molar-refractivity contribution >= 4 is 23.4 Å². The van der Waals surface area contributed by atoms with Crippen LogP contribution in [0.2, 0.25) is 0 Å². The maximum absolute atomic E-state index is 14.2. The van der Waals surface area contributed by atoms with Gasteiger partial charge in [-0.25, -0.2) is 14.7 Å². The lowest BCUT2D eigenvalue weighted by Crippen LogP contribution is -2.57. The summed E-state index contributed by atoms with van der Waals surface area (Å²) in [4.78, 5) is 42.4. The molecule has 0 unspecified atom stereocenters. The monoisotopic (exact) mass is 503 g/mol. The largest absolute Gasteiger partial charge is 0.338 e. The topological polar surface area (TPSA) is 69.6 Å². The van der Waals surface area contributed by atoms with Crippen LogP contribution in [0.15, 0.2) is 97.3 Å². The molecule has 2 aliphatic heterocycles. The minimum absolute atomic E-state index is 0.186. The number of rotatable bonds is 5. The molecular weight excluding hydrogens is 474 g/mol. The number of piperidine rings is 1. The molecule has 0 saturated carbocycles. The molecule has 0 bridgehead atoms. The van der Waals surface area contributed by atoms with Gasteiger partial charge in [0.2, 0.25) is 0 Å². The Bertz CT molecular complexity index is 1450. The third-order valence-electron chi connectivity index (χ3n) is 7.70. The van der Waals surface area contributed by atoms with Crippen LogP contribution in [-0.2, 0) is 11.3 Å². The molecule has 3 amide bonds. The second-order valence-corrected chi connectivity index (χ2v) is 9.93. The molecule has 6 rings (SSSR count). The number of imide groups is 1. The third-order valence-corrected chi connectivity index (χ3v) is 7.70. The fourth-order valence-corrected chi connectivity index (χ4v) is 5.55. The average Bonchev–Trinajstić information content (AvgIpc) is 3.17. The Labute approximate surface area is 222 Å². The van der Waals surface area contributed by atoms with Crippen LogP contribution in [0.25, 0.3) is 11.1 Å². The summed E-state index contributed by atoms with van der Waals surface area (Å²) in [6.07, 6.45) is 4.53. The van der Waals surface area contributed by atoms with Crippen LogP contribution in [-0.4, -0.2) is 45.4 Å². The Kier molecular flexibility index (Phi) is 6.21. The molecule has 38 heavy (non-hydrogen) atoms. The van der Waals surface area contributed by atoms with E-state index in [1.165, 1.54) is 4.90 Å². The van der Waals surface area contributed by atoms with E-state index < -0.39 is 5.54 Å². The number of hydrogen-bond donors (Lipinski definition) is 0. The minimum Gasteiger partial charge on any atom is -0.297 e. The Morgan fingerprint density at radius 1 is 0.763 bits per heavy atom. The van der Waals surface area contributed by atoms with Crippen LogP contribution in [0, 0.1) is 6.92 Å². The molecule has 4 aromatic rings. The van der Waals surface area contributed by atoms with Gasteiger partial charge in [0, 0.05) is 32.0 Å². The highest BCUT2D eigenvalue weighted by Gasteiger charge is 2.59. The number of likely N-dealkylation sites (tertiary alicyclic amines) is 1. The summed E-state index contributed by atoms with van der Waals surface area (Å²) in [5, 5.41) is 0. The van der Waals surface area contributed by atoms with Crippen molar-refractivity contribution < 1.29 is 9.59 Å². The number of aromatic nitrogens is 2. The minimum atomic E-state index is -0.973. The summed E-state index contributed by atoms with van der Waals surface area (Å²) in [7, 11) is 0. The summed E-state index contributed by atoms with van der Waals surface area (Å²) in [6.45, 7) is 4.15. The first-order chi connectivity index (χ1) is 18.6. The van der Waals surface area contributed by atoms with E-state index in [1.807, 2.05) is 79.0 Å². The van der Waals surface area contributed by atoms with Gasteiger partial charge in [-0.2, -0.15) is 0 Å². The van der Waals surface area contributed by atoms with E-state index >= 15 is 0 Å². The van der Waals surface area contributed by atoms with Crippen LogP contribution < -0.4 is 9.80 Å². The Morgan fingerprint density at radius 3 is 2.13 bits per heavy atom. The van der Waals surface area contributed by atoms with E-state index in [4.69, 9.17) is 0 Å². The molecule has 7 heteroatoms. The summed E-state index contributed by atoms with van der Waals surface area (Å²) in [5.41, 5.74) is 3.91. The molecule has 190 valence electrons. The molecule has 7 nitrogen and oxygen atoms in total. The number of nitrogens with zero attached hydrogens (tertiary/aromatic N) is 5. The highest BCUT2D eigenvalue weighted by molar-refractivity contribution is 6.30. The van der Waals surface area contributed by atoms with Gasteiger partial charge in [0.15, 0.2) is 0 Å². The molecule has 0 aliphatic carbocycles. The molecule has 0 radical (unpaired) electrons. The lowest BCUT2D eigenvalue weighted by atomic mass is 9.85. The predicted molar refractivity (Wildman–Crippen MR) is 148 cm³/mol. The predicted octanol–water partition coefficient (Wildman–Crippen LogP) is 5.46. The average molecular weight is 504 g/mol. The van der Waals surface area contributed by atoms with Gasteiger partial charge >= 0.3 is 6.03 Å². The molecular formula is C31H29N5O2. The molecule has 2 aromatic carbocycles. The zero-order valence-electron chi connectivity index (χ0n) is 21.3. The van der Waals surface area contributed by atoms with E-state index in [0.29, 0.717) is 37.4 Å². The number of carbonyl (C=O) groups excluding carboxylic acids is 2. The van der Waals surface area contributed by atoms with Gasteiger partial charge in [-0.1, -0.05) is 54.6 Å². The van der Waals surface area contributed by atoms with Crippen molar-refractivity contribution in [1.82, 2.24) is 14.9 Å². The smallest absolute Gasteiger partial charge is 0.297 e. The van der Waals surface area contributed by atoms with Crippen LogP contribution in [0.5, 0.6) is 0 Å². The van der Waals surface area contributed by atoms with Gasteiger partial charge in [-0.3, -0.25) is 19.6 Å². The fourth-order valence-electron chi connectivity index (χ4n) is 5.55. The second-order valence-electron chi connectivity index (χ2n) is 9.93. The Hall–Kier alpha value is -4.36. The van der Waals surface area contributed by atoms with Crippen LogP contribution >= 0.6 is 0 Å². The number of carbonyl (C=O) groups is 2. The number of anilines is 2. The standard InChI is InChI=1S/C31H29N5O2/c1-23-8-7-19-32-27(23)22-34-20-16-31(17-21-34)29(37)35(30(38)36(31)28-11-5-6-18-33-28)26-14-12-25(13-15-26)24-9-3-2-4-10-24/h2-15,18-19H,16-17,20-22H2,1H3. The first kappa shape index (κ1) is 24.0. The lowest BCUT2D eigenvalue weighted by molar-refractivity contribution is -0.123. The number of hydrogen-bond acceptors (Lipinski definition) is 5. The molecule has 0 atom stereocenters. The summed E-state index contributed by atoms with van der Waals surface area (Å²) < 4.78 is 0. The number of benzene rings is 2. The number of urea groups is 1. The fraction of sp³-hybridized carbons (Fsp3) is 0.226. The van der Waals surface area contributed by atoms with Crippen LogP contribution in [0.1, 0.15) is 24.1 Å². The van der Waals surface area contributed by atoms with Gasteiger partial charge in [-0.05, 0) is 66.8 Å². The summed E-state index contributed by atoms with van der Waals surface area (Å²) in [6, 6.07) is 26.8. The van der Waals surface area contributed by atoms with Crippen LogP contribution in [0.4, 0.5) is 16.3 Å². The highest BCUT2D eigenvalue weighted by atomic mass is 16.2. The maximum Gasteiger partial charge on any atom is 0.338 e. The number of pyridine rings is 2. The molecule has 2 aromatic heterocycles. The van der Waals surface area contributed by atoms with Crippen molar-refractivity contribution in [2.45, 2.75) is 31.8 Å².